The first-order valence-electron chi connectivity index (χ1n) is 11.2. The van der Waals surface area contributed by atoms with Gasteiger partial charge in [-0.15, -0.1) is 0 Å². The van der Waals surface area contributed by atoms with Crippen molar-refractivity contribution < 1.29 is 9.59 Å². The third-order valence-corrected chi connectivity index (χ3v) is 6.67. The molecule has 158 valence electrons. The number of aromatic nitrogens is 2. The number of piperidine rings is 1. The van der Waals surface area contributed by atoms with Gasteiger partial charge in [0.1, 0.15) is 5.82 Å². The summed E-state index contributed by atoms with van der Waals surface area (Å²) < 4.78 is 0. The summed E-state index contributed by atoms with van der Waals surface area (Å²) in [5.74, 6) is 1.63. The van der Waals surface area contributed by atoms with Crippen LogP contribution in [0.3, 0.4) is 0 Å². The fourth-order valence-corrected chi connectivity index (χ4v) is 4.77. The highest BCUT2D eigenvalue weighted by molar-refractivity contribution is 5.78. The Kier molecular flexibility index (Phi) is 6.43. The average Bonchev–Trinajstić information content (AvgIpc) is 3.01. The lowest BCUT2D eigenvalue weighted by Gasteiger charge is -2.33. The average molecular weight is 400 g/mol. The fourth-order valence-electron chi connectivity index (χ4n) is 4.77. The van der Waals surface area contributed by atoms with Gasteiger partial charge in [-0.05, 0) is 38.8 Å². The molecular formula is C22H33N5O2. The Morgan fingerprint density at radius 3 is 2.41 bits per heavy atom. The zero-order chi connectivity index (χ0) is 20.2. The number of amides is 2. The Labute approximate surface area is 173 Å². The highest BCUT2D eigenvalue weighted by Crippen LogP contribution is 2.27. The summed E-state index contributed by atoms with van der Waals surface area (Å²) in [4.78, 5) is 40.0. The van der Waals surface area contributed by atoms with Gasteiger partial charge in [-0.25, -0.2) is 9.97 Å². The third-order valence-electron chi connectivity index (χ3n) is 6.67. The van der Waals surface area contributed by atoms with Crippen LogP contribution in [-0.2, 0) is 22.6 Å². The minimum atomic E-state index is 0.108. The highest BCUT2D eigenvalue weighted by atomic mass is 16.2. The Morgan fingerprint density at radius 2 is 1.72 bits per heavy atom. The van der Waals surface area contributed by atoms with Crippen molar-refractivity contribution in [3.8, 4) is 0 Å². The van der Waals surface area contributed by atoms with Crippen molar-refractivity contribution in [3.05, 3.63) is 23.3 Å². The van der Waals surface area contributed by atoms with E-state index in [1.54, 1.807) is 6.92 Å². The minimum Gasteiger partial charge on any atom is -0.342 e. The maximum atomic E-state index is 12.7. The predicted octanol–water partition coefficient (Wildman–Crippen LogP) is 1.96. The van der Waals surface area contributed by atoms with Crippen LogP contribution in [0.2, 0.25) is 0 Å². The number of nitrogens with zero attached hydrogens (tertiary/aromatic N) is 5. The quantitative estimate of drug-likeness (QED) is 0.777. The molecule has 0 unspecified atom stereocenters. The van der Waals surface area contributed by atoms with Gasteiger partial charge in [0.05, 0.1) is 12.2 Å². The summed E-state index contributed by atoms with van der Waals surface area (Å²) in [5, 5.41) is 0. The van der Waals surface area contributed by atoms with Gasteiger partial charge in [0.15, 0.2) is 0 Å². The van der Waals surface area contributed by atoms with E-state index in [2.05, 4.69) is 9.88 Å². The lowest BCUT2D eigenvalue weighted by Crippen LogP contribution is -2.44. The SMILES string of the molecule is CC(=O)N1CCc2nc(C3CCN(C(=O)CN4CCCCCC4)CC3)ncc2C1. The third kappa shape index (κ3) is 4.94. The second-order valence-electron chi connectivity index (χ2n) is 8.74. The number of rotatable bonds is 3. The fraction of sp³-hybridized carbons (Fsp3) is 0.727. The van der Waals surface area contributed by atoms with E-state index in [1.807, 2.05) is 16.0 Å². The van der Waals surface area contributed by atoms with E-state index in [4.69, 9.17) is 4.98 Å². The summed E-state index contributed by atoms with van der Waals surface area (Å²) in [6.45, 7) is 7.27. The van der Waals surface area contributed by atoms with Crippen LogP contribution < -0.4 is 0 Å². The Bertz CT molecular complexity index is 737. The standard InChI is InChI=1S/C22H33N5O2/c1-17(28)27-13-8-20-19(15-27)14-23-22(24-20)18-6-11-26(12-7-18)21(29)16-25-9-4-2-3-5-10-25/h14,18H,2-13,15-16H2,1H3. The van der Waals surface area contributed by atoms with Crippen LogP contribution in [0.15, 0.2) is 6.20 Å². The van der Waals surface area contributed by atoms with Gasteiger partial charge in [0.25, 0.3) is 0 Å². The molecule has 3 aliphatic heterocycles. The maximum absolute atomic E-state index is 12.7. The second-order valence-corrected chi connectivity index (χ2v) is 8.74. The monoisotopic (exact) mass is 399 g/mol. The molecule has 0 bridgehead atoms. The first-order valence-corrected chi connectivity index (χ1v) is 11.2. The van der Waals surface area contributed by atoms with E-state index in [0.717, 1.165) is 69.1 Å². The molecule has 0 aliphatic carbocycles. The van der Waals surface area contributed by atoms with Gasteiger partial charge in [0, 0.05) is 57.2 Å². The molecular weight excluding hydrogens is 366 g/mol. The number of likely N-dealkylation sites (tertiary alicyclic amines) is 2. The molecule has 29 heavy (non-hydrogen) atoms. The first-order chi connectivity index (χ1) is 14.1. The van der Waals surface area contributed by atoms with Gasteiger partial charge in [-0.1, -0.05) is 12.8 Å². The zero-order valence-electron chi connectivity index (χ0n) is 17.6. The van der Waals surface area contributed by atoms with Crippen molar-refractivity contribution in [1.29, 1.82) is 0 Å². The van der Waals surface area contributed by atoms with Crippen molar-refractivity contribution in [2.45, 2.75) is 64.3 Å². The van der Waals surface area contributed by atoms with Gasteiger partial charge in [0.2, 0.25) is 11.8 Å². The number of hydrogen-bond donors (Lipinski definition) is 0. The molecule has 0 radical (unpaired) electrons. The lowest BCUT2D eigenvalue weighted by molar-refractivity contribution is -0.133. The number of carbonyl (C=O) groups excluding carboxylic acids is 2. The second kappa shape index (κ2) is 9.20. The van der Waals surface area contributed by atoms with Crippen LogP contribution in [0.4, 0.5) is 0 Å². The van der Waals surface area contributed by atoms with E-state index < -0.39 is 0 Å². The molecule has 0 atom stereocenters. The van der Waals surface area contributed by atoms with Crippen molar-refractivity contribution in [2.24, 2.45) is 0 Å². The Hall–Kier alpha value is -2.02. The molecule has 0 N–H and O–H groups in total. The normalized spacial score (nSPS) is 21.6. The van der Waals surface area contributed by atoms with Crippen LogP contribution in [0, 0.1) is 0 Å². The molecule has 3 aliphatic rings. The van der Waals surface area contributed by atoms with Crippen molar-refractivity contribution in [1.82, 2.24) is 24.7 Å². The predicted molar refractivity (Wildman–Crippen MR) is 110 cm³/mol. The number of carbonyl (C=O) groups is 2. The van der Waals surface area contributed by atoms with Crippen molar-refractivity contribution in [3.63, 3.8) is 0 Å². The maximum Gasteiger partial charge on any atom is 0.236 e. The summed E-state index contributed by atoms with van der Waals surface area (Å²) >= 11 is 0. The first kappa shape index (κ1) is 20.3. The molecule has 0 aromatic carbocycles. The molecule has 4 rings (SSSR count). The molecule has 1 aromatic heterocycles. The summed E-state index contributed by atoms with van der Waals surface area (Å²) in [6, 6.07) is 0. The van der Waals surface area contributed by atoms with E-state index in [1.165, 1.54) is 25.7 Å². The highest BCUT2D eigenvalue weighted by Gasteiger charge is 2.28. The molecule has 2 saturated heterocycles. The molecule has 2 amide bonds. The van der Waals surface area contributed by atoms with Crippen molar-refractivity contribution in [2.75, 3.05) is 39.3 Å². The topological polar surface area (TPSA) is 69.6 Å². The molecule has 1 aromatic rings. The zero-order valence-corrected chi connectivity index (χ0v) is 17.6. The molecule has 2 fully saturated rings. The summed E-state index contributed by atoms with van der Waals surface area (Å²) in [5.41, 5.74) is 2.16. The van der Waals surface area contributed by atoms with Crippen LogP contribution >= 0.6 is 0 Å². The van der Waals surface area contributed by atoms with Crippen LogP contribution in [0.5, 0.6) is 0 Å². The van der Waals surface area contributed by atoms with Crippen LogP contribution in [0.25, 0.3) is 0 Å². The van der Waals surface area contributed by atoms with Gasteiger partial charge >= 0.3 is 0 Å². The van der Waals surface area contributed by atoms with E-state index in [0.29, 0.717) is 19.0 Å². The summed E-state index contributed by atoms with van der Waals surface area (Å²) in [7, 11) is 0. The van der Waals surface area contributed by atoms with E-state index in [-0.39, 0.29) is 11.8 Å². The minimum absolute atomic E-state index is 0.108. The van der Waals surface area contributed by atoms with Crippen molar-refractivity contribution >= 4 is 11.8 Å². The lowest BCUT2D eigenvalue weighted by atomic mass is 9.95. The molecule has 0 saturated carbocycles. The van der Waals surface area contributed by atoms with Gasteiger partial charge < -0.3 is 9.80 Å². The van der Waals surface area contributed by atoms with E-state index >= 15 is 0 Å². The Morgan fingerprint density at radius 1 is 1.00 bits per heavy atom. The number of hydrogen-bond acceptors (Lipinski definition) is 5. The van der Waals surface area contributed by atoms with Crippen LogP contribution in [0.1, 0.15) is 68.4 Å². The summed E-state index contributed by atoms with van der Waals surface area (Å²) in [6.07, 6.45) is 9.60. The van der Waals surface area contributed by atoms with Gasteiger partial charge in [-0.2, -0.15) is 0 Å². The molecule has 7 heteroatoms. The smallest absolute Gasteiger partial charge is 0.236 e. The molecule has 0 spiro atoms. The van der Waals surface area contributed by atoms with Crippen LogP contribution in [-0.4, -0.2) is 75.8 Å². The van der Waals surface area contributed by atoms with E-state index in [9.17, 15) is 9.59 Å². The number of fused-ring (bicyclic) bond motifs is 1. The van der Waals surface area contributed by atoms with Gasteiger partial charge in [-0.3, -0.25) is 14.5 Å². The molecule has 7 nitrogen and oxygen atoms in total. The largest absolute Gasteiger partial charge is 0.342 e. The Balaban J connectivity index is 1.30. The molecule has 4 heterocycles.